The molecule has 0 bridgehead atoms. The summed E-state index contributed by atoms with van der Waals surface area (Å²) in [6, 6.07) is 7.40. The number of amides is 1. The predicted molar refractivity (Wildman–Crippen MR) is 94.8 cm³/mol. The first-order valence-corrected chi connectivity index (χ1v) is 7.90. The minimum atomic E-state index is -0.232. The highest BCUT2D eigenvalue weighted by atomic mass is 35.5. The second-order valence-corrected chi connectivity index (χ2v) is 5.88. The number of benzene rings is 1. The molecule has 1 aromatic heterocycles. The Morgan fingerprint density at radius 2 is 2.17 bits per heavy atom. The van der Waals surface area contributed by atoms with E-state index in [2.05, 4.69) is 20.8 Å². The van der Waals surface area contributed by atoms with E-state index in [-0.39, 0.29) is 24.4 Å². The third-order valence-corrected chi connectivity index (χ3v) is 4.25. The van der Waals surface area contributed by atoms with Crippen molar-refractivity contribution < 1.29 is 9.53 Å². The second-order valence-electron chi connectivity index (χ2n) is 5.44. The molecule has 0 aliphatic carbocycles. The summed E-state index contributed by atoms with van der Waals surface area (Å²) < 4.78 is 5.46. The second kappa shape index (κ2) is 8.48. The van der Waals surface area contributed by atoms with E-state index >= 15 is 0 Å². The molecule has 0 radical (unpaired) electrons. The van der Waals surface area contributed by atoms with Gasteiger partial charge in [-0.15, -0.1) is 12.4 Å². The summed E-state index contributed by atoms with van der Waals surface area (Å²) >= 11 is 5.89. The number of nitrogens with one attached hydrogen (secondary N) is 3. The first-order valence-electron chi connectivity index (χ1n) is 7.52. The van der Waals surface area contributed by atoms with Crippen molar-refractivity contribution in [2.24, 2.45) is 0 Å². The Morgan fingerprint density at radius 1 is 1.42 bits per heavy atom. The highest BCUT2D eigenvalue weighted by Crippen LogP contribution is 2.19. The smallest absolute Gasteiger partial charge is 0.272 e. The molecule has 0 spiro atoms. The normalized spacial score (nSPS) is 14.4. The van der Waals surface area contributed by atoms with Gasteiger partial charge >= 0.3 is 0 Å². The number of hydrogen-bond donors (Lipinski definition) is 3. The molecule has 2 heterocycles. The fourth-order valence-corrected chi connectivity index (χ4v) is 2.82. The van der Waals surface area contributed by atoms with Crippen molar-refractivity contribution in [3.05, 3.63) is 51.8 Å². The Hall–Kier alpha value is -1.60. The third-order valence-electron chi connectivity index (χ3n) is 4.00. The van der Waals surface area contributed by atoms with Gasteiger partial charge < -0.3 is 15.4 Å². The van der Waals surface area contributed by atoms with E-state index in [0.717, 1.165) is 29.8 Å². The topological polar surface area (TPSA) is 79.0 Å². The lowest BCUT2D eigenvalue weighted by Gasteiger charge is -2.17. The molecule has 0 saturated carbocycles. The first kappa shape index (κ1) is 18.7. The van der Waals surface area contributed by atoms with E-state index < -0.39 is 0 Å². The van der Waals surface area contributed by atoms with Crippen molar-refractivity contribution in [3.8, 4) is 0 Å². The van der Waals surface area contributed by atoms with Crippen LogP contribution in [-0.2, 0) is 17.7 Å². The Morgan fingerprint density at radius 3 is 2.88 bits per heavy atom. The summed E-state index contributed by atoms with van der Waals surface area (Å²) in [6.07, 6.45) is 0.630. The Balaban J connectivity index is 0.00000208. The standard InChI is InChI=1S/C16H19ClN4O2.ClH/c1-23-14(10-2-4-11(17)5-3-10)9-19-16(22)15-12-8-18-7-6-13(12)20-21-15;/h2-5,14,18H,6-9H2,1H3,(H,19,22)(H,20,21);1H. The molecular formula is C16H20Cl2N4O2. The molecule has 130 valence electrons. The van der Waals surface area contributed by atoms with Gasteiger partial charge in [-0.05, 0) is 17.7 Å². The molecule has 1 aliphatic heterocycles. The van der Waals surface area contributed by atoms with Gasteiger partial charge in [0.05, 0.1) is 6.10 Å². The first-order chi connectivity index (χ1) is 11.2. The molecule has 3 N–H and O–H groups in total. The van der Waals surface area contributed by atoms with Crippen molar-refractivity contribution in [2.75, 3.05) is 20.2 Å². The number of halogens is 2. The number of nitrogens with zero attached hydrogens (tertiary/aromatic N) is 1. The zero-order chi connectivity index (χ0) is 16.2. The Bertz CT molecular complexity index is 688. The molecule has 24 heavy (non-hydrogen) atoms. The van der Waals surface area contributed by atoms with Gasteiger partial charge in [0.1, 0.15) is 0 Å². The van der Waals surface area contributed by atoms with Crippen LogP contribution in [0.15, 0.2) is 24.3 Å². The number of methoxy groups -OCH3 is 1. The Labute approximate surface area is 151 Å². The third kappa shape index (κ3) is 4.08. The lowest BCUT2D eigenvalue weighted by Crippen LogP contribution is -2.31. The van der Waals surface area contributed by atoms with Gasteiger partial charge in [-0.25, -0.2) is 0 Å². The molecule has 2 aromatic rings. The van der Waals surface area contributed by atoms with E-state index in [1.54, 1.807) is 19.2 Å². The molecule has 1 unspecified atom stereocenters. The minimum Gasteiger partial charge on any atom is -0.375 e. The summed E-state index contributed by atoms with van der Waals surface area (Å²) in [5.74, 6) is -0.192. The number of carbonyl (C=O) groups is 1. The molecule has 0 fully saturated rings. The summed E-state index contributed by atoms with van der Waals surface area (Å²) in [5.41, 5.74) is 3.41. The van der Waals surface area contributed by atoms with Crippen LogP contribution in [0.2, 0.25) is 5.02 Å². The van der Waals surface area contributed by atoms with Gasteiger partial charge in [0.15, 0.2) is 5.69 Å². The van der Waals surface area contributed by atoms with E-state index in [1.165, 1.54) is 0 Å². The average molecular weight is 371 g/mol. The number of ether oxygens (including phenoxy) is 1. The maximum atomic E-state index is 12.4. The molecule has 1 atom stereocenters. The zero-order valence-electron chi connectivity index (χ0n) is 13.3. The number of aromatic amines is 1. The fraction of sp³-hybridized carbons (Fsp3) is 0.375. The van der Waals surface area contributed by atoms with Gasteiger partial charge in [-0.2, -0.15) is 5.10 Å². The monoisotopic (exact) mass is 370 g/mol. The van der Waals surface area contributed by atoms with Crippen molar-refractivity contribution in [1.82, 2.24) is 20.8 Å². The van der Waals surface area contributed by atoms with Gasteiger partial charge in [-0.3, -0.25) is 9.89 Å². The molecule has 1 aliphatic rings. The van der Waals surface area contributed by atoms with Crippen molar-refractivity contribution in [2.45, 2.75) is 19.1 Å². The molecule has 1 aromatic carbocycles. The Kier molecular flexibility index (Phi) is 6.62. The highest BCUT2D eigenvalue weighted by molar-refractivity contribution is 6.30. The molecular weight excluding hydrogens is 351 g/mol. The summed E-state index contributed by atoms with van der Waals surface area (Å²) in [5, 5.41) is 13.9. The van der Waals surface area contributed by atoms with Crippen LogP contribution in [0, 0.1) is 0 Å². The zero-order valence-corrected chi connectivity index (χ0v) is 14.8. The average Bonchev–Trinajstić information content (AvgIpc) is 3.01. The van der Waals surface area contributed by atoms with Gasteiger partial charge in [0, 0.05) is 49.4 Å². The van der Waals surface area contributed by atoms with Crippen LogP contribution in [0.1, 0.15) is 33.4 Å². The van der Waals surface area contributed by atoms with E-state index in [0.29, 0.717) is 23.8 Å². The van der Waals surface area contributed by atoms with Crippen molar-refractivity contribution >= 4 is 29.9 Å². The SMILES string of the molecule is COC(CNC(=O)c1n[nH]c2c1CNCC2)c1ccc(Cl)cc1.Cl. The van der Waals surface area contributed by atoms with Crippen LogP contribution in [0.5, 0.6) is 0 Å². The molecule has 1 amide bonds. The van der Waals surface area contributed by atoms with Gasteiger partial charge in [0.25, 0.3) is 5.91 Å². The van der Waals surface area contributed by atoms with Crippen molar-refractivity contribution in [3.63, 3.8) is 0 Å². The van der Waals surface area contributed by atoms with E-state index in [4.69, 9.17) is 16.3 Å². The molecule has 3 rings (SSSR count). The minimum absolute atomic E-state index is 0. The number of hydrogen-bond acceptors (Lipinski definition) is 4. The number of aromatic nitrogens is 2. The summed E-state index contributed by atoms with van der Waals surface area (Å²) in [6.45, 7) is 1.93. The van der Waals surface area contributed by atoms with Crippen molar-refractivity contribution in [1.29, 1.82) is 0 Å². The van der Waals surface area contributed by atoms with Crippen LogP contribution >= 0.6 is 24.0 Å². The lowest BCUT2D eigenvalue weighted by molar-refractivity contribution is 0.0823. The van der Waals surface area contributed by atoms with Gasteiger partial charge in [0.2, 0.25) is 0 Å². The fourth-order valence-electron chi connectivity index (χ4n) is 2.70. The van der Waals surface area contributed by atoms with Gasteiger partial charge in [-0.1, -0.05) is 23.7 Å². The highest BCUT2D eigenvalue weighted by Gasteiger charge is 2.22. The quantitative estimate of drug-likeness (QED) is 0.753. The number of fused-ring (bicyclic) bond motifs is 1. The molecule has 0 saturated heterocycles. The van der Waals surface area contributed by atoms with Crippen LogP contribution in [0.4, 0.5) is 0 Å². The number of H-pyrrole nitrogens is 1. The predicted octanol–water partition coefficient (Wildman–Crippen LogP) is 2.25. The molecule has 6 nitrogen and oxygen atoms in total. The maximum absolute atomic E-state index is 12.4. The van der Waals surface area contributed by atoms with Crippen LogP contribution in [-0.4, -0.2) is 36.3 Å². The van der Waals surface area contributed by atoms with E-state index in [1.807, 2.05) is 12.1 Å². The maximum Gasteiger partial charge on any atom is 0.272 e. The van der Waals surface area contributed by atoms with E-state index in [9.17, 15) is 4.79 Å². The summed E-state index contributed by atoms with van der Waals surface area (Å²) in [7, 11) is 1.62. The largest absolute Gasteiger partial charge is 0.375 e. The summed E-state index contributed by atoms with van der Waals surface area (Å²) in [4.78, 5) is 12.4. The number of rotatable bonds is 5. The van der Waals surface area contributed by atoms with Crippen LogP contribution in [0.3, 0.4) is 0 Å². The molecule has 8 heteroatoms. The lowest BCUT2D eigenvalue weighted by atomic mass is 10.1. The van der Waals surface area contributed by atoms with Crippen LogP contribution in [0.25, 0.3) is 0 Å². The van der Waals surface area contributed by atoms with Crippen LogP contribution < -0.4 is 10.6 Å². The number of carbonyl (C=O) groups excluding carboxylic acids is 1.